The van der Waals surface area contributed by atoms with Crippen molar-refractivity contribution < 1.29 is 23.0 Å². The van der Waals surface area contributed by atoms with Gasteiger partial charge in [-0.05, 0) is 30.7 Å². The van der Waals surface area contributed by atoms with Gasteiger partial charge >= 0.3 is 6.18 Å². The molecule has 6 heteroatoms. The van der Waals surface area contributed by atoms with Crippen LogP contribution in [0.1, 0.15) is 24.2 Å². The fourth-order valence-electron chi connectivity index (χ4n) is 1.38. The molecule has 2 atom stereocenters. The van der Waals surface area contributed by atoms with Crippen molar-refractivity contribution in [3.8, 4) is 5.75 Å². The first kappa shape index (κ1) is 13.8. The summed E-state index contributed by atoms with van der Waals surface area (Å²) in [6.07, 6.45) is -5.65. The van der Waals surface area contributed by atoms with Crippen molar-refractivity contribution in [2.75, 3.05) is 7.11 Å². The fraction of sp³-hybridized carbons (Fsp3) is 0.455. The molecule has 3 nitrogen and oxygen atoms in total. The number of alkyl halides is 3. The van der Waals surface area contributed by atoms with E-state index in [9.17, 15) is 18.3 Å². The first-order valence-corrected chi connectivity index (χ1v) is 4.95. The zero-order valence-electron chi connectivity index (χ0n) is 9.45. The Morgan fingerprint density at radius 1 is 1.29 bits per heavy atom. The maximum Gasteiger partial charge on any atom is 0.416 e. The molecule has 0 saturated heterocycles. The molecule has 0 fully saturated rings. The zero-order chi connectivity index (χ0) is 13.2. The number of benzene rings is 1. The quantitative estimate of drug-likeness (QED) is 0.862. The lowest BCUT2D eigenvalue weighted by Gasteiger charge is -2.18. The van der Waals surface area contributed by atoms with Gasteiger partial charge in [0.1, 0.15) is 5.75 Å². The Bertz CT molecular complexity index is 391. The monoisotopic (exact) mass is 249 g/mol. The van der Waals surface area contributed by atoms with Crippen molar-refractivity contribution >= 4 is 0 Å². The lowest BCUT2D eigenvalue weighted by atomic mass is 10.0. The highest BCUT2D eigenvalue weighted by molar-refractivity contribution is 5.37. The van der Waals surface area contributed by atoms with E-state index < -0.39 is 23.9 Å². The molecular weight excluding hydrogens is 235 g/mol. The van der Waals surface area contributed by atoms with Crippen LogP contribution >= 0.6 is 0 Å². The first-order valence-electron chi connectivity index (χ1n) is 4.95. The van der Waals surface area contributed by atoms with Gasteiger partial charge in [0.2, 0.25) is 0 Å². The molecule has 3 N–H and O–H groups in total. The molecule has 1 aromatic rings. The van der Waals surface area contributed by atoms with E-state index in [4.69, 9.17) is 10.5 Å². The normalized spacial score (nSPS) is 15.5. The van der Waals surface area contributed by atoms with Crippen LogP contribution in [0.4, 0.5) is 13.2 Å². The van der Waals surface area contributed by atoms with Crippen LogP contribution in [0, 0.1) is 0 Å². The van der Waals surface area contributed by atoms with Gasteiger partial charge in [-0.2, -0.15) is 13.2 Å². The Labute approximate surface area is 97.0 Å². The molecule has 17 heavy (non-hydrogen) atoms. The molecule has 0 aliphatic heterocycles. The lowest BCUT2D eigenvalue weighted by molar-refractivity contribution is -0.137. The van der Waals surface area contributed by atoms with E-state index in [0.717, 1.165) is 12.1 Å². The average molecular weight is 249 g/mol. The molecule has 0 aromatic heterocycles. The second-order valence-corrected chi connectivity index (χ2v) is 3.80. The number of aliphatic hydroxyl groups is 1. The number of halogens is 3. The van der Waals surface area contributed by atoms with Gasteiger partial charge < -0.3 is 15.6 Å². The molecule has 1 aromatic carbocycles. The summed E-state index contributed by atoms with van der Waals surface area (Å²) in [5.41, 5.74) is 4.67. The van der Waals surface area contributed by atoms with Crippen molar-refractivity contribution in [1.82, 2.24) is 0 Å². The second kappa shape index (κ2) is 4.93. The van der Waals surface area contributed by atoms with Gasteiger partial charge in [0.15, 0.2) is 0 Å². The highest BCUT2D eigenvalue weighted by Gasteiger charge is 2.32. The molecule has 0 aliphatic rings. The molecule has 0 radical (unpaired) electrons. The number of nitrogens with two attached hydrogens (primary N) is 1. The van der Waals surface area contributed by atoms with E-state index in [0.29, 0.717) is 0 Å². The summed E-state index contributed by atoms with van der Waals surface area (Å²) in [4.78, 5) is 0. The third-order valence-electron chi connectivity index (χ3n) is 2.33. The molecule has 96 valence electrons. The Hall–Kier alpha value is -1.27. The van der Waals surface area contributed by atoms with Gasteiger partial charge in [-0.25, -0.2) is 0 Å². The van der Waals surface area contributed by atoms with Crippen LogP contribution in [0.3, 0.4) is 0 Å². The SMILES string of the molecule is COc1cc(C(O)C(C)N)cc(C(F)(F)F)c1. The van der Waals surface area contributed by atoms with Crippen LogP contribution in [0.2, 0.25) is 0 Å². The maximum absolute atomic E-state index is 12.6. The number of rotatable bonds is 3. The van der Waals surface area contributed by atoms with Crippen LogP contribution in [-0.2, 0) is 6.18 Å². The molecule has 0 saturated carbocycles. The highest BCUT2D eigenvalue weighted by Crippen LogP contribution is 2.34. The highest BCUT2D eigenvalue weighted by atomic mass is 19.4. The van der Waals surface area contributed by atoms with Crippen molar-refractivity contribution in [3.63, 3.8) is 0 Å². The summed E-state index contributed by atoms with van der Waals surface area (Å²) in [5, 5.41) is 9.66. The number of ether oxygens (including phenoxy) is 1. The number of hydrogen-bond donors (Lipinski definition) is 2. The van der Waals surface area contributed by atoms with Crippen LogP contribution in [0.15, 0.2) is 18.2 Å². The van der Waals surface area contributed by atoms with Crippen molar-refractivity contribution in [3.05, 3.63) is 29.3 Å². The number of aliphatic hydroxyl groups excluding tert-OH is 1. The summed E-state index contributed by atoms with van der Waals surface area (Å²) < 4.78 is 42.5. The zero-order valence-corrected chi connectivity index (χ0v) is 9.45. The van der Waals surface area contributed by atoms with Crippen LogP contribution in [0.5, 0.6) is 5.75 Å². The Kier molecular flexibility index (Phi) is 4.00. The van der Waals surface area contributed by atoms with Gasteiger partial charge in [0.05, 0.1) is 18.8 Å². The first-order chi connectivity index (χ1) is 7.75. The third-order valence-corrected chi connectivity index (χ3v) is 2.33. The van der Waals surface area contributed by atoms with E-state index in [1.54, 1.807) is 0 Å². The van der Waals surface area contributed by atoms with Gasteiger partial charge in [0, 0.05) is 6.04 Å². The standard InChI is InChI=1S/C11H14F3NO2/c1-6(15)10(16)7-3-8(11(12,13)14)5-9(4-7)17-2/h3-6,10,16H,15H2,1-2H3. The lowest BCUT2D eigenvalue weighted by Crippen LogP contribution is -2.24. The van der Waals surface area contributed by atoms with Crippen LogP contribution in [-0.4, -0.2) is 18.3 Å². The molecule has 0 aliphatic carbocycles. The van der Waals surface area contributed by atoms with Gasteiger partial charge in [-0.3, -0.25) is 0 Å². The molecule has 0 bridgehead atoms. The van der Waals surface area contributed by atoms with E-state index in [2.05, 4.69) is 0 Å². The van der Waals surface area contributed by atoms with Crippen molar-refractivity contribution in [1.29, 1.82) is 0 Å². The fourth-order valence-corrected chi connectivity index (χ4v) is 1.38. The average Bonchev–Trinajstić information content (AvgIpc) is 2.26. The summed E-state index contributed by atoms with van der Waals surface area (Å²) in [6, 6.07) is 2.42. The van der Waals surface area contributed by atoms with E-state index in [-0.39, 0.29) is 11.3 Å². The molecule has 0 spiro atoms. The maximum atomic E-state index is 12.6. The summed E-state index contributed by atoms with van der Waals surface area (Å²) in [6.45, 7) is 1.51. The molecule has 1 rings (SSSR count). The summed E-state index contributed by atoms with van der Waals surface area (Å²) in [5.74, 6) is 0.0366. The second-order valence-electron chi connectivity index (χ2n) is 3.80. The molecule has 0 amide bonds. The summed E-state index contributed by atoms with van der Waals surface area (Å²) >= 11 is 0. The number of hydrogen-bond acceptors (Lipinski definition) is 3. The minimum absolute atomic E-state index is 0.0366. The van der Waals surface area contributed by atoms with E-state index >= 15 is 0 Å². The van der Waals surface area contributed by atoms with Gasteiger partial charge in [-0.1, -0.05) is 0 Å². The van der Waals surface area contributed by atoms with E-state index in [1.807, 2.05) is 0 Å². The van der Waals surface area contributed by atoms with Crippen LogP contribution in [0.25, 0.3) is 0 Å². The topological polar surface area (TPSA) is 55.5 Å². The minimum atomic E-state index is -4.49. The third kappa shape index (κ3) is 3.34. The van der Waals surface area contributed by atoms with E-state index in [1.165, 1.54) is 20.1 Å². The van der Waals surface area contributed by atoms with Crippen LogP contribution < -0.4 is 10.5 Å². The smallest absolute Gasteiger partial charge is 0.416 e. The Balaban J connectivity index is 3.23. The van der Waals surface area contributed by atoms with Crippen molar-refractivity contribution in [2.24, 2.45) is 5.73 Å². The van der Waals surface area contributed by atoms with Crippen molar-refractivity contribution in [2.45, 2.75) is 25.2 Å². The minimum Gasteiger partial charge on any atom is -0.497 e. The summed E-state index contributed by atoms with van der Waals surface area (Å²) in [7, 11) is 1.26. The molecule has 0 heterocycles. The predicted molar refractivity (Wildman–Crippen MR) is 56.6 cm³/mol. The molecule has 2 unspecified atom stereocenters. The Morgan fingerprint density at radius 3 is 2.29 bits per heavy atom. The number of methoxy groups -OCH3 is 1. The Morgan fingerprint density at radius 2 is 1.88 bits per heavy atom. The molecular formula is C11H14F3NO2. The largest absolute Gasteiger partial charge is 0.497 e. The van der Waals surface area contributed by atoms with Gasteiger partial charge in [-0.15, -0.1) is 0 Å². The predicted octanol–water partition coefficient (Wildman–Crippen LogP) is 2.09. The van der Waals surface area contributed by atoms with Gasteiger partial charge in [0.25, 0.3) is 0 Å².